The van der Waals surface area contributed by atoms with Crippen molar-refractivity contribution in [2.75, 3.05) is 103 Å². The van der Waals surface area contributed by atoms with Gasteiger partial charge in [0.15, 0.2) is 0 Å². The highest BCUT2D eigenvalue weighted by Gasteiger charge is 2.48. The maximum Gasteiger partial charge on any atom is 0.306 e. The molecule has 1 saturated carbocycles. The Balaban J connectivity index is 0.000000134. The summed E-state index contributed by atoms with van der Waals surface area (Å²) in [4.78, 5) is 78.7. The molecule has 6 atom stereocenters. The minimum atomic E-state index is -0.232. The normalized spacial score (nSPS) is 20.2. The second-order valence-corrected chi connectivity index (χ2v) is 41.7. The Bertz CT molecular complexity index is 5320. The number of anilines is 3. The van der Waals surface area contributed by atoms with Gasteiger partial charge in [0, 0.05) is 194 Å². The number of carbonyl (C=O) groups is 5. The molecule has 10 aromatic rings. The van der Waals surface area contributed by atoms with Gasteiger partial charge in [0.25, 0.3) is 0 Å². The van der Waals surface area contributed by atoms with Crippen molar-refractivity contribution >= 4 is 105 Å². The van der Waals surface area contributed by atoms with E-state index in [0.29, 0.717) is 72.2 Å². The number of hydrogen-bond acceptors (Lipinski definition) is 21. The number of fused-ring (bicyclic) bond motifs is 4. The summed E-state index contributed by atoms with van der Waals surface area (Å²) >= 11 is 13.0. The molecule has 6 aromatic carbocycles. The molecular weight excluding hydrogens is 1770 g/mol. The van der Waals surface area contributed by atoms with Crippen molar-refractivity contribution in [1.29, 1.82) is 0 Å². The maximum absolute atomic E-state index is 13.1. The van der Waals surface area contributed by atoms with E-state index in [2.05, 4.69) is 177 Å². The first-order chi connectivity index (χ1) is 64.2. The summed E-state index contributed by atoms with van der Waals surface area (Å²) in [6, 6.07) is 48.5. The number of esters is 1. The van der Waals surface area contributed by atoms with Crippen molar-refractivity contribution in [3.05, 3.63) is 263 Å². The molecule has 18 rings (SSSR count). The molecule has 4 bridgehead atoms. The van der Waals surface area contributed by atoms with Gasteiger partial charge < -0.3 is 57.1 Å². The van der Waals surface area contributed by atoms with Gasteiger partial charge in [-0.1, -0.05) is 135 Å². The van der Waals surface area contributed by atoms with Crippen molar-refractivity contribution in [1.82, 2.24) is 40.2 Å². The van der Waals surface area contributed by atoms with Gasteiger partial charge in [0.2, 0.25) is 23.6 Å². The molecule has 0 radical (unpaired) electrons. The van der Waals surface area contributed by atoms with Gasteiger partial charge in [0.05, 0.1) is 40.7 Å². The first-order valence-electron chi connectivity index (χ1n) is 47.6. The average Bonchev–Trinajstić information content (AvgIpc) is 1.67. The van der Waals surface area contributed by atoms with E-state index in [0.717, 1.165) is 255 Å². The van der Waals surface area contributed by atoms with Gasteiger partial charge in [-0.25, -0.2) is 4.39 Å². The van der Waals surface area contributed by atoms with Crippen LogP contribution in [0.5, 0.6) is 0 Å². The van der Waals surface area contributed by atoms with Crippen LogP contribution in [0.15, 0.2) is 158 Å². The summed E-state index contributed by atoms with van der Waals surface area (Å²) in [6.07, 6.45) is 12.8. The quantitative estimate of drug-likeness (QED) is 0.0363. The van der Waals surface area contributed by atoms with Crippen LogP contribution in [0.25, 0.3) is 0 Å². The zero-order valence-corrected chi connectivity index (χ0v) is 83.8. The Kier molecular flexibility index (Phi) is 35.4. The number of aromatic nitrogens is 4. The number of para-hydroxylation sites is 2. The van der Waals surface area contributed by atoms with Crippen molar-refractivity contribution in [2.24, 2.45) is 5.92 Å². The Morgan fingerprint density at radius 1 is 0.398 bits per heavy atom. The van der Waals surface area contributed by atoms with Crippen LogP contribution in [-0.4, -0.2) is 189 Å². The second kappa shape index (κ2) is 47.3. The lowest BCUT2D eigenvalue weighted by molar-refractivity contribution is -0.149. The number of benzene rings is 6. The number of piperidine rings is 3. The fourth-order valence-corrected chi connectivity index (χ4v) is 24.8. The molecule has 6 unspecified atom stereocenters. The second-order valence-electron chi connectivity index (χ2n) is 37.1. The van der Waals surface area contributed by atoms with Crippen molar-refractivity contribution in [2.45, 2.75) is 245 Å². The Morgan fingerprint density at radius 3 is 1.19 bits per heavy atom. The van der Waals surface area contributed by atoms with E-state index in [1.54, 1.807) is 59.2 Å². The molecule has 27 heteroatoms. The van der Waals surface area contributed by atoms with Gasteiger partial charge in [-0.05, 0) is 246 Å². The van der Waals surface area contributed by atoms with Gasteiger partial charge in [0.1, 0.15) is 35.0 Å². The number of piperazine rings is 2. The van der Waals surface area contributed by atoms with Crippen LogP contribution in [0.4, 0.5) is 21.5 Å². The highest BCUT2D eigenvalue weighted by Crippen LogP contribution is 2.50. The summed E-state index contributed by atoms with van der Waals surface area (Å²) in [7, 11) is 0. The highest BCUT2D eigenvalue weighted by molar-refractivity contribution is 7.99. The molecule has 7 aliphatic heterocycles. The van der Waals surface area contributed by atoms with E-state index in [1.165, 1.54) is 62.5 Å². The zero-order valence-electron chi connectivity index (χ0n) is 79.8. The van der Waals surface area contributed by atoms with Crippen molar-refractivity contribution < 1.29 is 51.2 Å². The van der Waals surface area contributed by atoms with Crippen LogP contribution in [0.1, 0.15) is 214 Å². The van der Waals surface area contributed by atoms with Crippen LogP contribution in [0.2, 0.25) is 5.02 Å². The molecule has 133 heavy (non-hydrogen) atoms. The Hall–Kier alpha value is -9.47. The number of halogens is 2. The van der Waals surface area contributed by atoms with Crippen LogP contribution in [-0.2, 0) is 51.7 Å². The summed E-state index contributed by atoms with van der Waals surface area (Å²) in [6.45, 7) is 34.8. The molecule has 1 aliphatic carbocycles. The van der Waals surface area contributed by atoms with E-state index >= 15 is 0 Å². The van der Waals surface area contributed by atoms with Gasteiger partial charge in [-0.15, -0.1) is 23.5 Å². The molecule has 0 N–H and O–H groups in total. The molecule has 4 amide bonds. The van der Waals surface area contributed by atoms with E-state index < -0.39 is 0 Å². The number of thioether (sulfide) groups is 4. The molecule has 11 heterocycles. The van der Waals surface area contributed by atoms with Gasteiger partial charge >= 0.3 is 5.97 Å². The third-order valence-electron chi connectivity index (χ3n) is 28.2. The van der Waals surface area contributed by atoms with Crippen LogP contribution < -0.4 is 14.7 Å². The molecule has 21 nitrogen and oxygen atoms in total. The fraction of sp³-hybridized carbons (Fsp3) is 0.500. The lowest BCUT2D eigenvalue weighted by Gasteiger charge is -2.39. The number of nitrogens with zero attached hydrogens (tertiary/aromatic N) is 11. The van der Waals surface area contributed by atoms with E-state index in [-0.39, 0.29) is 41.5 Å². The van der Waals surface area contributed by atoms with Crippen molar-refractivity contribution in [3.63, 3.8) is 0 Å². The minimum absolute atomic E-state index is 0.0466. The zero-order chi connectivity index (χ0) is 93.9. The van der Waals surface area contributed by atoms with Crippen LogP contribution in [0.3, 0.4) is 0 Å². The largest absolute Gasteiger partial charge is 0.462 e. The minimum Gasteiger partial charge on any atom is -0.462 e. The molecular formula is C106H133ClFN11O10S4. The number of aryl methyl sites for hydroxylation is 13. The monoisotopic (exact) mass is 1900 g/mol. The molecule has 7 saturated heterocycles. The van der Waals surface area contributed by atoms with E-state index in [1.807, 2.05) is 83.4 Å². The Morgan fingerprint density at radius 2 is 0.774 bits per heavy atom. The number of rotatable bonds is 26. The molecule has 0 spiro atoms. The predicted molar refractivity (Wildman–Crippen MR) is 536 cm³/mol. The number of ether oxygens (including phenoxy) is 1. The lowest BCUT2D eigenvalue weighted by atomic mass is 9.83. The molecule has 4 aromatic heterocycles. The first-order valence-corrected chi connectivity index (χ1v) is 52.6. The van der Waals surface area contributed by atoms with Gasteiger partial charge in [-0.3, -0.25) is 24.0 Å². The summed E-state index contributed by atoms with van der Waals surface area (Å²) in [5.74, 6) is 11.7. The molecule has 8 aliphatic rings. The predicted octanol–water partition coefficient (Wildman–Crippen LogP) is 21.8. The average molecular weight is 1900 g/mol. The van der Waals surface area contributed by atoms with Crippen molar-refractivity contribution in [3.8, 4) is 0 Å². The third kappa shape index (κ3) is 26.0. The van der Waals surface area contributed by atoms with Crippen LogP contribution in [0, 0.1) is 102 Å². The van der Waals surface area contributed by atoms with E-state index in [9.17, 15) is 28.4 Å². The molecule has 710 valence electrons. The summed E-state index contributed by atoms with van der Waals surface area (Å²) < 4.78 is 39.5. The van der Waals surface area contributed by atoms with Crippen LogP contribution >= 0.6 is 58.6 Å². The van der Waals surface area contributed by atoms with E-state index in [4.69, 9.17) is 34.4 Å². The van der Waals surface area contributed by atoms with Gasteiger partial charge in [-0.2, -0.15) is 23.5 Å². The summed E-state index contributed by atoms with van der Waals surface area (Å²) in [5.41, 5.74) is 22.6. The smallest absolute Gasteiger partial charge is 0.306 e. The lowest BCUT2D eigenvalue weighted by Crippen LogP contribution is -2.49. The standard InChI is InChI=1S/2C22H28N2O2S.C21H22ClFN2O.C21H28N2O3S.C20H27N3O2S/c2*1-14-6-4-5-7-20(14)17-10-18-8-9-19(11-17)24(18)22(25)13-27-12-21-15(2)23-26-16(21)3;1-14-2-5-16(22)12-20(14)24-8-10-25(11-9-24)21(26)19-13-18(19)15-3-6-17(23)7-4-15;1-15-6-4-5-7-20(15)23-11-8-18(9-12-23)25-21(24)10-13-27-14-19-16(2)22-26-17(19)3;1-15-6-4-5-7-19(15)22-9-11-23(12-10-22)20(24)8-13-26-14-18-16(2)21-25-17(18)3/h2*4-7,17-19H,8-13H2,1-3H3;2-7,12,18-19H,8-11,13H2,1H3;4-7,18H,8-14H2,1-3H3;4-7H,8-14H2,1-3H3. The topological polar surface area (TPSA) is 221 Å². The Labute approximate surface area is 807 Å². The first kappa shape index (κ1) is 99.5. The number of hydrogen-bond donors (Lipinski definition) is 0. The fourth-order valence-electron chi connectivity index (χ4n) is 20.4. The maximum atomic E-state index is 13.1. The third-order valence-corrected chi connectivity index (χ3v) is 32.3. The number of amides is 4. The summed E-state index contributed by atoms with van der Waals surface area (Å²) in [5, 5.41) is 16.7. The SMILES string of the molecule is Cc1ccc(Cl)cc1N1CCN(C(=O)C2CC2c2ccc(F)cc2)CC1.Cc1ccccc1C1CC2CCC(C1)N2C(=O)CSCc1c(C)noc1C.Cc1ccccc1C1CC2CCC(C1)N2C(=O)CSCc1c(C)noc1C.Cc1ccccc1N1CCC(OC(=O)CCSCc2c(C)noc2C)CC1.Cc1ccccc1N1CCN(C(=O)CCSCc2c(C)noc2C)CC1. The molecule has 8 fully saturated rings. The number of carbonyl (C=O) groups excluding carboxylic acids is 5. The highest BCUT2D eigenvalue weighted by atomic mass is 35.5.